The van der Waals surface area contributed by atoms with Gasteiger partial charge in [-0.15, -0.1) is 0 Å². The van der Waals surface area contributed by atoms with Crippen molar-refractivity contribution in [1.82, 2.24) is 20.2 Å². The van der Waals surface area contributed by atoms with Crippen molar-refractivity contribution in [3.63, 3.8) is 0 Å². The van der Waals surface area contributed by atoms with Crippen molar-refractivity contribution in [2.24, 2.45) is 0 Å². The third-order valence-corrected chi connectivity index (χ3v) is 6.94. The topological polar surface area (TPSA) is 106 Å². The smallest absolute Gasteiger partial charge is 0.444 e. The Morgan fingerprint density at radius 2 is 1.69 bits per heavy atom. The number of likely N-dealkylation sites (tertiary alicyclic amines) is 1. The van der Waals surface area contributed by atoms with E-state index in [1.54, 1.807) is 45.0 Å². The average Bonchev–Trinajstić information content (AvgIpc) is 3.28. The number of carbonyl (C=O) groups is 2. The van der Waals surface area contributed by atoms with Crippen molar-refractivity contribution in [2.75, 3.05) is 18.0 Å². The molecule has 11 heteroatoms. The third kappa shape index (κ3) is 6.29. The van der Waals surface area contributed by atoms with E-state index in [0.29, 0.717) is 19.0 Å². The number of hydrogen-bond donors (Lipinski definition) is 1. The largest absolute Gasteiger partial charge is 0.498 e. The quantitative estimate of drug-likeness (QED) is 0.591. The predicted molar refractivity (Wildman–Crippen MR) is 139 cm³/mol. The van der Waals surface area contributed by atoms with E-state index in [4.69, 9.17) is 14.0 Å². The van der Waals surface area contributed by atoms with Crippen LogP contribution in [0.25, 0.3) is 0 Å². The van der Waals surface area contributed by atoms with Crippen molar-refractivity contribution in [1.29, 1.82) is 0 Å². The molecule has 2 fully saturated rings. The average molecular weight is 503 g/mol. The van der Waals surface area contributed by atoms with Crippen molar-refractivity contribution < 1.29 is 23.6 Å². The fraction of sp³-hybridized carbons (Fsp3) is 0.760. The molecule has 2 amide bonds. The predicted octanol–water partition coefficient (Wildman–Crippen LogP) is 2.50. The molecular weight excluding hydrogens is 461 g/mol. The minimum absolute atomic E-state index is 0.0605. The molecule has 200 valence electrons. The molecule has 10 nitrogen and oxygen atoms in total. The molecule has 2 saturated heterocycles. The maximum Gasteiger partial charge on any atom is 0.498 e. The van der Waals surface area contributed by atoms with Crippen LogP contribution in [0.2, 0.25) is 0 Å². The lowest BCUT2D eigenvalue weighted by Gasteiger charge is -2.33. The van der Waals surface area contributed by atoms with Crippen molar-refractivity contribution in [3.05, 3.63) is 12.4 Å². The van der Waals surface area contributed by atoms with Gasteiger partial charge in [-0.1, -0.05) is 0 Å². The van der Waals surface area contributed by atoms with Gasteiger partial charge >= 0.3 is 13.2 Å². The third-order valence-electron chi connectivity index (χ3n) is 6.94. The standard InChI is InChI=1S/C25H42BN5O5/c1-16(2)31(21-27-13-18(14-28-21)26-35-24(7,8)25(9,10)36-26)19-11-12-30(15-19)20(32)17(3)29-22(33)34-23(4,5)6/h13-14,16-17,19H,11-12,15H2,1-10H3,(H,29,33)/t17-,19-/m0/s1. The molecule has 0 spiro atoms. The molecule has 0 saturated carbocycles. The van der Waals surface area contributed by atoms with E-state index >= 15 is 0 Å². The number of nitrogens with zero attached hydrogens (tertiary/aromatic N) is 4. The van der Waals surface area contributed by atoms with Gasteiger partial charge < -0.3 is 29.2 Å². The van der Waals surface area contributed by atoms with E-state index in [1.807, 2.05) is 27.7 Å². The molecular formula is C25H42BN5O5. The first-order valence-corrected chi connectivity index (χ1v) is 12.7. The number of aromatic nitrogens is 2. The summed E-state index contributed by atoms with van der Waals surface area (Å²) in [5, 5.41) is 2.64. The van der Waals surface area contributed by atoms with Gasteiger partial charge in [-0.05, 0) is 75.7 Å². The highest BCUT2D eigenvalue weighted by molar-refractivity contribution is 6.61. The lowest BCUT2D eigenvalue weighted by Crippen LogP contribution is -2.49. The van der Waals surface area contributed by atoms with Gasteiger partial charge in [-0.3, -0.25) is 4.79 Å². The lowest BCUT2D eigenvalue weighted by molar-refractivity contribution is -0.132. The van der Waals surface area contributed by atoms with E-state index < -0.39 is 36.1 Å². The first kappa shape index (κ1) is 28.2. The van der Waals surface area contributed by atoms with Crippen LogP contribution in [0.4, 0.5) is 10.7 Å². The van der Waals surface area contributed by atoms with Gasteiger partial charge in [-0.2, -0.15) is 0 Å². The second-order valence-electron chi connectivity index (χ2n) is 12.0. The number of hydrogen-bond acceptors (Lipinski definition) is 8. The highest BCUT2D eigenvalue weighted by Gasteiger charge is 2.52. The summed E-state index contributed by atoms with van der Waals surface area (Å²) in [5.41, 5.74) is -0.724. The summed E-state index contributed by atoms with van der Waals surface area (Å²) in [6.45, 7) is 20.4. The van der Waals surface area contributed by atoms with E-state index in [1.165, 1.54) is 0 Å². The molecule has 3 heterocycles. The van der Waals surface area contributed by atoms with E-state index in [0.717, 1.165) is 11.9 Å². The van der Waals surface area contributed by atoms with Gasteiger partial charge in [0.1, 0.15) is 11.6 Å². The normalized spacial score (nSPS) is 22.0. The maximum absolute atomic E-state index is 13.0. The number of ether oxygens (including phenoxy) is 1. The molecule has 2 atom stereocenters. The van der Waals surface area contributed by atoms with Gasteiger partial charge in [0, 0.05) is 37.0 Å². The second-order valence-corrected chi connectivity index (χ2v) is 12.0. The van der Waals surface area contributed by atoms with Crippen LogP contribution < -0.4 is 15.7 Å². The number of anilines is 1. The van der Waals surface area contributed by atoms with Gasteiger partial charge in [0.25, 0.3) is 0 Å². The summed E-state index contributed by atoms with van der Waals surface area (Å²) in [4.78, 5) is 38.3. The molecule has 3 rings (SSSR count). The van der Waals surface area contributed by atoms with E-state index in [2.05, 4.69) is 34.0 Å². The maximum atomic E-state index is 13.0. The minimum Gasteiger partial charge on any atom is -0.444 e. The Bertz CT molecular complexity index is 931. The van der Waals surface area contributed by atoms with Gasteiger partial charge in [-0.25, -0.2) is 14.8 Å². The second kappa shape index (κ2) is 10.2. The van der Waals surface area contributed by atoms with Crippen LogP contribution in [0.3, 0.4) is 0 Å². The summed E-state index contributed by atoms with van der Waals surface area (Å²) in [7, 11) is -0.518. The minimum atomic E-state index is -0.679. The van der Waals surface area contributed by atoms with E-state index in [9.17, 15) is 9.59 Å². The number of rotatable bonds is 6. The molecule has 0 aromatic carbocycles. The first-order valence-electron chi connectivity index (χ1n) is 12.7. The van der Waals surface area contributed by atoms with Crippen LogP contribution in [-0.4, -0.2) is 82.0 Å². The fourth-order valence-corrected chi connectivity index (χ4v) is 4.37. The Kier molecular flexibility index (Phi) is 7.96. The fourth-order valence-electron chi connectivity index (χ4n) is 4.37. The van der Waals surface area contributed by atoms with Crippen LogP contribution in [0.5, 0.6) is 0 Å². The van der Waals surface area contributed by atoms with Crippen molar-refractivity contribution in [2.45, 2.75) is 111 Å². The zero-order chi connectivity index (χ0) is 27.1. The van der Waals surface area contributed by atoms with Gasteiger partial charge in [0.05, 0.1) is 17.2 Å². The molecule has 36 heavy (non-hydrogen) atoms. The van der Waals surface area contributed by atoms with Crippen LogP contribution in [-0.2, 0) is 18.8 Å². The Balaban J connectivity index is 1.65. The summed E-state index contributed by atoms with van der Waals surface area (Å²) >= 11 is 0. The molecule has 0 unspecified atom stereocenters. The number of amides is 2. The van der Waals surface area contributed by atoms with Crippen molar-refractivity contribution in [3.8, 4) is 0 Å². The summed E-state index contributed by atoms with van der Waals surface area (Å²) in [5.74, 6) is 0.466. The summed E-state index contributed by atoms with van der Waals surface area (Å²) in [6, 6.07) is -0.489. The van der Waals surface area contributed by atoms with Crippen LogP contribution >= 0.6 is 0 Å². The Hall–Kier alpha value is -2.40. The molecule has 2 aliphatic rings. The first-order chi connectivity index (χ1) is 16.5. The molecule has 2 aliphatic heterocycles. The van der Waals surface area contributed by atoms with Crippen LogP contribution in [0, 0.1) is 0 Å². The summed E-state index contributed by atoms with van der Waals surface area (Å²) < 4.78 is 17.5. The van der Waals surface area contributed by atoms with Gasteiger partial charge in [0.15, 0.2) is 0 Å². The SMILES string of the molecule is CC(C)N(c1ncc(B2OC(C)(C)C(C)(C)O2)cn1)[C@H]1CCN(C(=O)[C@H](C)NC(=O)OC(C)(C)C)C1. The summed E-state index contributed by atoms with van der Waals surface area (Å²) in [6.07, 6.45) is 3.69. The van der Waals surface area contributed by atoms with Crippen LogP contribution in [0.15, 0.2) is 12.4 Å². The highest BCUT2D eigenvalue weighted by atomic mass is 16.7. The Morgan fingerprint density at radius 1 is 1.14 bits per heavy atom. The Labute approximate surface area is 215 Å². The molecule has 1 aromatic heterocycles. The highest BCUT2D eigenvalue weighted by Crippen LogP contribution is 2.36. The number of carbonyl (C=O) groups excluding carboxylic acids is 2. The van der Waals surface area contributed by atoms with E-state index in [-0.39, 0.29) is 18.0 Å². The van der Waals surface area contributed by atoms with Crippen LogP contribution in [0.1, 0.15) is 75.7 Å². The van der Waals surface area contributed by atoms with Gasteiger partial charge in [0.2, 0.25) is 11.9 Å². The molecule has 0 radical (unpaired) electrons. The molecule has 1 aromatic rings. The Morgan fingerprint density at radius 3 is 2.19 bits per heavy atom. The zero-order valence-corrected chi connectivity index (χ0v) is 23.4. The van der Waals surface area contributed by atoms with Crippen molar-refractivity contribution >= 4 is 30.5 Å². The number of nitrogens with one attached hydrogen (secondary N) is 1. The monoisotopic (exact) mass is 503 g/mol. The molecule has 1 N–H and O–H groups in total. The number of alkyl carbamates (subject to hydrolysis) is 1. The zero-order valence-electron chi connectivity index (χ0n) is 23.4. The lowest BCUT2D eigenvalue weighted by atomic mass is 9.81. The molecule has 0 bridgehead atoms. The molecule has 0 aliphatic carbocycles.